The molecule has 0 radical (unpaired) electrons. The third-order valence-corrected chi connectivity index (χ3v) is 3.22. The van der Waals surface area contributed by atoms with Gasteiger partial charge < -0.3 is 5.73 Å². The van der Waals surface area contributed by atoms with Gasteiger partial charge in [0.2, 0.25) is 0 Å². The second-order valence-corrected chi connectivity index (χ2v) is 4.56. The lowest BCUT2D eigenvalue weighted by molar-refractivity contribution is -0.118. The van der Waals surface area contributed by atoms with Crippen molar-refractivity contribution in [2.45, 2.75) is 38.5 Å². The first kappa shape index (κ1) is 11.3. The second kappa shape index (κ2) is 5.26. The lowest BCUT2D eigenvalue weighted by Crippen LogP contribution is -2.07. The monoisotopic (exact) mass is 217 g/mol. The Morgan fingerprint density at radius 3 is 2.88 bits per heavy atom. The van der Waals surface area contributed by atoms with E-state index < -0.39 is 0 Å². The zero-order valence-corrected chi connectivity index (χ0v) is 9.67. The van der Waals surface area contributed by atoms with Crippen molar-refractivity contribution >= 4 is 5.78 Å². The predicted molar refractivity (Wildman–Crippen MR) is 65.5 cm³/mol. The average molecular weight is 217 g/mol. The number of carbonyl (C=O) groups is 1. The van der Waals surface area contributed by atoms with Crippen LogP contribution >= 0.6 is 0 Å². The number of rotatable bonds is 5. The topological polar surface area (TPSA) is 43.1 Å². The summed E-state index contributed by atoms with van der Waals surface area (Å²) < 4.78 is 0. The van der Waals surface area contributed by atoms with Gasteiger partial charge in [0, 0.05) is 12.8 Å². The second-order valence-electron chi connectivity index (χ2n) is 4.56. The standard InChI is InChI=1S/C14H19NO/c15-8-2-5-14(16)10-11-6-7-12-3-1-4-13(12)9-11/h6-7,9H,1-5,8,10,15H2. The summed E-state index contributed by atoms with van der Waals surface area (Å²) >= 11 is 0. The van der Waals surface area contributed by atoms with Crippen molar-refractivity contribution in [3.05, 3.63) is 34.9 Å². The zero-order valence-electron chi connectivity index (χ0n) is 9.67. The maximum absolute atomic E-state index is 11.6. The third-order valence-electron chi connectivity index (χ3n) is 3.22. The molecule has 1 aliphatic carbocycles. The first-order valence-electron chi connectivity index (χ1n) is 6.12. The van der Waals surface area contributed by atoms with Gasteiger partial charge in [-0.2, -0.15) is 0 Å². The molecule has 0 heterocycles. The first-order valence-corrected chi connectivity index (χ1v) is 6.12. The minimum atomic E-state index is 0.309. The van der Waals surface area contributed by atoms with E-state index in [9.17, 15) is 4.79 Å². The van der Waals surface area contributed by atoms with E-state index in [0.29, 0.717) is 25.2 Å². The molecular weight excluding hydrogens is 198 g/mol. The van der Waals surface area contributed by atoms with Crippen LogP contribution in [0.1, 0.15) is 36.0 Å². The number of hydrogen-bond acceptors (Lipinski definition) is 2. The summed E-state index contributed by atoms with van der Waals surface area (Å²) in [6, 6.07) is 6.50. The molecule has 1 aromatic rings. The highest BCUT2D eigenvalue weighted by Gasteiger charge is 2.11. The summed E-state index contributed by atoms with van der Waals surface area (Å²) in [5, 5.41) is 0. The fourth-order valence-electron chi connectivity index (χ4n) is 2.35. The van der Waals surface area contributed by atoms with Crippen LogP contribution in [0.2, 0.25) is 0 Å². The van der Waals surface area contributed by atoms with Crippen LogP contribution in [-0.2, 0) is 24.1 Å². The van der Waals surface area contributed by atoms with Gasteiger partial charge >= 0.3 is 0 Å². The van der Waals surface area contributed by atoms with E-state index in [1.165, 1.54) is 36.0 Å². The number of aryl methyl sites for hydroxylation is 2. The van der Waals surface area contributed by atoms with Gasteiger partial charge in [-0.25, -0.2) is 0 Å². The Hall–Kier alpha value is -1.15. The quantitative estimate of drug-likeness (QED) is 0.820. The highest BCUT2D eigenvalue weighted by molar-refractivity contribution is 5.80. The van der Waals surface area contributed by atoms with Crippen LogP contribution < -0.4 is 5.73 Å². The van der Waals surface area contributed by atoms with Crippen molar-refractivity contribution in [3.63, 3.8) is 0 Å². The van der Waals surface area contributed by atoms with Gasteiger partial charge in [-0.1, -0.05) is 18.2 Å². The number of ketones is 1. The van der Waals surface area contributed by atoms with Crippen LogP contribution in [0.25, 0.3) is 0 Å². The van der Waals surface area contributed by atoms with E-state index in [-0.39, 0.29) is 0 Å². The molecule has 2 nitrogen and oxygen atoms in total. The largest absolute Gasteiger partial charge is 0.330 e. The van der Waals surface area contributed by atoms with Crippen molar-refractivity contribution in [3.8, 4) is 0 Å². The number of hydrogen-bond donors (Lipinski definition) is 1. The Labute approximate surface area is 96.8 Å². The highest BCUT2D eigenvalue weighted by atomic mass is 16.1. The van der Waals surface area contributed by atoms with Crippen molar-refractivity contribution in [2.75, 3.05) is 6.54 Å². The smallest absolute Gasteiger partial charge is 0.137 e. The van der Waals surface area contributed by atoms with Crippen molar-refractivity contribution in [1.82, 2.24) is 0 Å². The maximum Gasteiger partial charge on any atom is 0.137 e. The maximum atomic E-state index is 11.6. The molecule has 86 valence electrons. The number of Topliss-reactive ketones (excluding diaryl/α,β-unsaturated/α-hetero) is 1. The average Bonchev–Trinajstić information content (AvgIpc) is 2.73. The molecule has 0 atom stereocenters. The molecule has 0 amide bonds. The number of fused-ring (bicyclic) bond motifs is 1. The van der Waals surface area contributed by atoms with E-state index >= 15 is 0 Å². The molecule has 0 fully saturated rings. The molecule has 0 bridgehead atoms. The molecule has 0 aromatic heterocycles. The van der Waals surface area contributed by atoms with Gasteiger partial charge in [0.05, 0.1) is 0 Å². The third kappa shape index (κ3) is 2.70. The van der Waals surface area contributed by atoms with E-state index in [4.69, 9.17) is 5.73 Å². The summed E-state index contributed by atoms with van der Waals surface area (Å²) in [6.45, 7) is 0.607. The normalized spacial score (nSPS) is 13.8. The molecule has 2 heteroatoms. The van der Waals surface area contributed by atoms with E-state index in [0.717, 1.165) is 6.42 Å². The minimum absolute atomic E-state index is 0.309. The molecule has 0 saturated heterocycles. The van der Waals surface area contributed by atoms with Crippen LogP contribution in [0.5, 0.6) is 0 Å². The molecule has 2 N–H and O–H groups in total. The molecule has 1 aliphatic rings. The summed E-state index contributed by atoms with van der Waals surface area (Å²) in [6.07, 6.45) is 5.65. The van der Waals surface area contributed by atoms with E-state index in [1.807, 2.05) is 0 Å². The molecule has 0 spiro atoms. The SMILES string of the molecule is NCCCC(=O)Cc1ccc2c(c1)CCC2. The Balaban J connectivity index is 1.97. The van der Waals surface area contributed by atoms with Gasteiger partial charge in [-0.15, -0.1) is 0 Å². The van der Waals surface area contributed by atoms with E-state index in [2.05, 4.69) is 18.2 Å². The number of carbonyl (C=O) groups excluding carboxylic acids is 1. The lowest BCUT2D eigenvalue weighted by atomic mass is 10.0. The van der Waals surface area contributed by atoms with E-state index in [1.54, 1.807) is 0 Å². The molecule has 1 aromatic carbocycles. The first-order chi connectivity index (χ1) is 7.79. The van der Waals surface area contributed by atoms with Gasteiger partial charge in [0.15, 0.2) is 0 Å². The molecule has 0 saturated carbocycles. The molecular formula is C14H19NO. The van der Waals surface area contributed by atoms with Crippen LogP contribution in [0.3, 0.4) is 0 Å². The minimum Gasteiger partial charge on any atom is -0.330 e. The lowest BCUT2D eigenvalue weighted by Gasteiger charge is -2.04. The highest BCUT2D eigenvalue weighted by Crippen LogP contribution is 2.23. The summed E-state index contributed by atoms with van der Waals surface area (Å²) in [5.74, 6) is 0.309. The Morgan fingerprint density at radius 2 is 2.06 bits per heavy atom. The Kier molecular flexibility index (Phi) is 3.73. The van der Waals surface area contributed by atoms with Gasteiger partial charge in [-0.05, 0) is 48.9 Å². The number of benzene rings is 1. The Bertz CT molecular complexity index is 384. The molecule has 0 aliphatic heterocycles. The summed E-state index contributed by atoms with van der Waals surface area (Å²) in [4.78, 5) is 11.6. The fourth-order valence-corrected chi connectivity index (χ4v) is 2.35. The Morgan fingerprint density at radius 1 is 1.25 bits per heavy atom. The van der Waals surface area contributed by atoms with Crippen LogP contribution in [0.15, 0.2) is 18.2 Å². The van der Waals surface area contributed by atoms with Crippen molar-refractivity contribution in [1.29, 1.82) is 0 Å². The van der Waals surface area contributed by atoms with Crippen LogP contribution in [0, 0.1) is 0 Å². The van der Waals surface area contributed by atoms with Gasteiger partial charge in [-0.3, -0.25) is 4.79 Å². The van der Waals surface area contributed by atoms with Gasteiger partial charge in [0.25, 0.3) is 0 Å². The predicted octanol–water partition coefficient (Wildman–Crippen LogP) is 2.03. The number of nitrogens with two attached hydrogens (primary N) is 1. The zero-order chi connectivity index (χ0) is 11.4. The van der Waals surface area contributed by atoms with Gasteiger partial charge in [0.1, 0.15) is 5.78 Å². The summed E-state index contributed by atoms with van der Waals surface area (Å²) in [5.41, 5.74) is 9.48. The molecule has 16 heavy (non-hydrogen) atoms. The fraction of sp³-hybridized carbons (Fsp3) is 0.500. The summed E-state index contributed by atoms with van der Waals surface area (Å²) in [7, 11) is 0. The van der Waals surface area contributed by atoms with Crippen LogP contribution in [0.4, 0.5) is 0 Å². The van der Waals surface area contributed by atoms with Crippen LogP contribution in [-0.4, -0.2) is 12.3 Å². The molecule has 0 unspecified atom stereocenters. The van der Waals surface area contributed by atoms with Crippen molar-refractivity contribution in [2.24, 2.45) is 5.73 Å². The van der Waals surface area contributed by atoms with Crippen molar-refractivity contribution < 1.29 is 4.79 Å². The molecule has 2 rings (SSSR count).